The van der Waals surface area contributed by atoms with Crippen molar-refractivity contribution in [3.63, 3.8) is 0 Å². The molecule has 3 rings (SSSR count). The van der Waals surface area contributed by atoms with Crippen LogP contribution in [0.5, 0.6) is 0 Å². The molecule has 0 aromatic heterocycles. The Labute approximate surface area is 152 Å². The van der Waals surface area contributed by atoms with Crippen LogP contribution in [0.2, 0.25) is 5.02 Å². The summed E-state index contributed by atoms with van der Waals surface area (Å²) in [7, 11) is 0. The van der Waals surface area contributed by atoms with Crippen LogP contribution in [-0.2, 0) is 9.59 Å². The zero-order valence-electron chi connectivity index (χ0n) is 14.0. The van der Waals surface area contributed by atoms with Crippen LogP contribution in [-0.4, -0.2) is 48.1 Å². The Morgan fingerprint density at radius 2 is 1.84 bits per heavy atom. The van der Waals surface area contributed by atoms with Gasteiger partial charge in [0.2, 0.25) is 0 Å². The summed E-state index contributed by atoms with van der Waals surface area (Å²) in [6, 6.07) is 5.58. The van der Waals surface area contributed by atoms with Gasteiger partial charge in [0.05, 0.1) is 23.9 Å². The van der Waals surface area contributed by atoms with Gasteiger partial charge in [-0.2, -0.15) is 0 Å². The minimum Gasteiger partial charge on any atom is -0.395 e. The van der Waals surface area contributed by atoms with E-state index in [2.05, 4.69) is 10.2 Å². The molecule has 2 aliphatic heterocycles. The van der Waals surface area contributed by atoms with Gasteiger partial charge in [-0.05, 0) is 31.0 Å². The number of aliphatic hydroxyl groups is 1. The first-order valence-corrected chi connectivity index (χ1v) is 8.98. The van der Waals surface area contributed by atoms with E-state index in [1.165, 1.54) is 31.8 Å². The Morgan fingerprint density at radius 3 is 2.48 bits per heavy atom. The van der Waals surface area contributed by atoms with Gasteiger partial charge in [0.15, 0.2) is 0 Å². The maximum absolute atomic E-state index is 12.2. The van der Waals surface area contributed by atoms with Gasteiger partial charge in [0.25, 0.3) is 11.8 Å². The van der Waals surface area contributed by atoms with Gasteiger partial charge in [-0.25, -0.2) is 0 Å². The number of carbonyl (C=O) groups is 2. The lowest BCUT2D eigenvalue weighted by Gasteiger charge is -2.24. The highest BCUT2D eigenvalue weighted by molar-refractivity contribution is 6.33. The van der Waals surface area contributed by atoms with Crippen LogP contribution in [0.3, 0.4) is 0 Å². The van der Waals surface area contributed by atoms with Gasteiger partial charge in [0, 0.05) is 24.9 Å². The number of amides is 2. The van der Waals surface area contributed by atoms with Crippen molar-refractivity contribution >= 4 is 34.8 Å². The first-order valence-electron chi connectivity index (χ1n) is 8.60. The Hall–Kier alpha value is -2.05. The number of hydrogen-bond donors (Lipinski definition) is 2. The van der Waals surface area contributed by atoms with E-state index in [9.17, 15) is 9.59 Å². The van der Waals surface area contributed by atoms with E-state index in [0.717, 1.165) is 23.7 Å². The van der Waals surface area contributed by atoms with E-state index < -0.39 is 11.8 Å². The third-order valence-corrected chi connectivity index (χ3v) is 4.81. The molecule has 1 saturated heterocycles. The first kappa shape index (κ1) is 17.8. The molecule has 1 aromatic rings. The predicted molar refractivity (Wildman–Crippen MR) is 97.6 cm³/mol. The van der Waals surface area contributed by atoms with E-state index >= 15 is 0 Å². The molecule has 7 heteroatoms. The van der Waals surface area contributed by atoms with E-state index in [4.69, 9.17) is 16.7 Å². The number of hydrogen-bond acceptors (Lipinski definition) is 5. The lowest BCUT2D eigenvalue weighted by Crippen LogP contribution is -2.34. The average Bonchev–Trinajstić information content (AvgIpc) is 2.79. The number of carbonyl (C=O) groups excluding carboxylic acids is 2. The SMILES string of the molecule is O=C1C=C(Nc2ccc(N3CCCCCC3)c(Cl)c2)C(=O)N1CCO. The van der Waals surface area contributed by atoms with Crippen molar-refractivity contribution in [3.8, 4) is 0 Å². The summed E-state index contributed by atoms with van der Waals surface area (Å²) >= 11 is 6.45. The number of benzene rings is 1. The van der Waals surface area contributed by atoms with Crippen molar-refractivity contribution in [2.45, 2.75) is 25.7 Å². The Balaban J connectivity index is 1.72. The molecule has 2 heterocycles. The number of rotatable bonds is 5. The number of nitrogens with zero attached hydrogens (tertiary/aromatic N) is 2. The molecule has 2 N–H and O–H groups in total. The zero-order chi connectivity index (χ0) is 17.8. The second-order valence-corrected chi connectivity index (χ2v) is 6.68. The van der Waals surface area contributed by atoms with Gasteiger partial charge < -0.3 is 15.3 Å². The van der Waals surface area contributed by atoms with Gasteiger partial charge in [0.1, 0.15) is 5.70 Å². The number of halogens is 1. The molecule has 134 valence electrons. The number of β-amino-alcohol motifs (C(OH)–C–C–N with tert-alkyl or cyclic N) is 1. The first-order chi connectivity index (χ1) is 12.1. The molecule has 6 nitrogen and oxygen atoms in total. The molecule has 0 atom stereocenters. The predicted octanol–water partition coefficient (Wildman–Crippen LogP) is 2.38. The number of imide groups is 1. The van der Waals surface area contributed by atoms with E-state index in [0.29, 0.717) is 10.7 Å². The molecule has 1 fully saturated rings. The van der Waals surface area contributed by atoms with Crippen molar-refractivity contribution in [2.24, 2.45) is 0 Å². The molecular weight excluding hydrogens is 342 g/mol. The molecule has 0 radical (unpaired) electrons. The topological polar surface area (TPSA) is 72.9 Å². The molecule has 0 bridgehead atoms. The van der Waals surface area contributed by atoms with Crippen molar-refractivity contribution in [1.29, 1.82) is 0 Å². The third kappa shape index (κ3) is 3.96. The Bertz CT molecular complexity index is 697. The second kappa shape index (κ2) is 7.89. The van der Waals surface area contributed by atoms with Crippen LogP contribution in [0.1, 0.15) is 25.7 Å². The van der Waals surface area contributed by atoms with Gasteiger partial charge in [-0.15, -0.1) is 0 Å². The van der Waals surface area contributed by atoms with Gasteiger partial charge >= 0.3 is 0 Å². The second-order valence-electron chi connectivity index (χ2n) is 6.27. The van der Waals surface area contributed by atoms with Crippen molar-refractivity contribution in [3.05, 3.63) is 35.0 Å². The van der Waals surface area contributed by atoms with Gasteiger partial charge in [-0.3, -0.25) is 14.5 Å². The summed E-state index contributed by atoms with van der Waals surface area (Å²) in [6.45, 7) is 1.74. The average molecular weight is 364 g/mol. The monoisotopic (exact) mass is 363 g/mol. The summed E-state index contributed by atoms with van der Waals surface area (Å²) in [5, 5.41) is 12.5. The van der Waals surface area contributed by atoms with Crippen molar-refractivity contribution in [2.75, 3.05) is 36.5 Å². The highest BCUT2D eigenvalue weighted by atomic mass is 35.5. The molecule has 2 amide bonds. The van der Waals surface area contributed by atoms with Crippen molar-refractivity contribution < 1.29 is 14.7 Å². The van der Waals surface area contributed by atoms with E-state index in [1.807, 2.05) is 12.1 Å². The number of anilines is 2. The summed E-state index contributed by atoms with van der Waals surface area (Å²) in [5.41, 5.74) is 1.85. The molecule has 0 aliphatic carbocycles. The molecule has 0 saturated carbocycles. The van der Waals surface area contributed by atoms with Crippen LogP contribution >= 0.6 is 11.6 Å². The standard InChI is InChI=1S/C18H22ClN3O3/c19-14-11-13(5-6-16(14)21-7-3-1-2-4-8-21)20-15-12-17(24)22(9-10-23)18(15)25/h5-6,11-12,20,23H,1-4,7-10H2. The Morgan fingerprint density at radius 1 is 1.12 bits per heavy atom. The largest absolute Gasteiger partial charge is 0.395 e. The van der Waals surface area contributed by atoms with Crippen LogP contribution < -0.4 is 10.2 Å². The number of aliphatic hydroxyl groups excluding tert-OH is 1. The fourth-order valence-corrected chi connectivity index (χ4v) is 3.52. The van der Waals surface area contributed by atoms with Crippen LogP contribution in [0.25, 0.3) is 0 Å². The maximum atomic E-state index is 12.2. The molecular formula is C18H22ClN3O3. The van der Waals surface area contributed by atoms with Gasteiger partial charge in [-0.1, -0.05) is 24.4 Å². The quantitative estimate of drug-likeness (QED) is 0.786. The highest BCUT2D eigenvalue weighted by Gasteiger charge is 2.30. The molecule has 0 spiro atoms. The van der Waals surface area contributed by atoms with E-state index in [1.54, 1.807) is 6.07 Å². The minimum atomic E-state index is -0.438. The minimum absolute atomic E-state index is 0.00595. The summed E-state index contributed by atoms with van der Waals surface area (Å²) in [5.74, 6) is -0.861. The highest BCUT2D eigenvalue weighted by Crippen LogP contribution is 2.31. The fourth-order valence-electron chi connectivity index (χ4n) is 3.22. The molecule has 2 aliphatic rings. The van der Waals surface area contributed by atoms with E-state index in [-0.39, 0.29) is 18.8 Å². The fraction of sp³-hybridized carbons (Fsp3) is 0.444. The van der Waals surface area contributed by atoms with Crippen LogP contribution in [0.4, 0.5) is 11.4 Å². The summed E-state index contributed by atoms with van der Waals surface area (Å²) in [6.07, 6.45) is 6.08. The third-order valence-electron chi connectivity index (χ3n) is 4.51. The molecule has 0 unspecified atom stereocenters. The Kier molecular flexibility index (Phi) is 5.60. The van der Waals surface area contributed by atoms with Crippen LogP contribution in [0.15, 0.2) is 30.0 Å². The lowest BCUT2D eigenvalue weighted by atomic mass is 10.2. The van der Waals surface area contributed by atoms with Crippen molar-refractivity contribution in [1.82, 2.24) is 4.90 Å². The smallest absolute Gasteiger partial charge is 0.277 e. The number of nitrogens with one attached hydrogen (secondary N) is 1. The normalized spacial score (nSPS) is 18.4. The summed E-state index contributed by atoms with van der Waals surface area (Å²) in [4.78, 5) is 27.3. The maximum Gasteiger partial charge on any atom is 0.277 e. The molecule has 25 heavy (non-hydrogen) atoms. The lowest BCUT2D eigenvalue weighted by molar-refractivity contribution is -0.137. The zero-order valence-corrected chi connectivity index (χ0v) is 14.8. The summed E-state index contributed by atoms with van der Waals surface area (Å²) < 4.78 is 0. The molecule has 1 aromatic carbocycles. The van der Waals surface area contributed by atoms with Crippen LogP contribution in [0, 0.1) is 0 Å².